The number of hydrogen-bond acceptors (Lipinski definition) is 2. The molecule has 1 aliphatic heterocycles. The first-order chi connectivity index (χ1) is 4.38. The highest BCUT2D eigenvalue weighted by Gasteiger charge is 2.38. The van der Waals surface area contributed by atoms with Gasteiger partial charge >= 0.3 is 0 Å². The normalized spacial score (nSPS) is 39.3. The van der Waals surface area contributed by atoms with Gasteiger partial charge in [-0.15, -0.1) is 12.4 Å². The molecule has 1 heterocycles. The molecular weight excluding hydrogens is 150 g/mol. The van der Waals surface area contributed by atoms with Gasteiger partial charge in [-0.2, -0.15) is 0 Å². The Morgan fingerprint density at radius 3 is 2.30 bits per heavy atom. The molecule has 2 atom stereocenters. The fourth-order valence-corrected chi connectivity index (χ4v) is 1.69. The molecule has 0 aromatic rings. The van der Waals surface area contributed by atoms with Crippen molar-refractivity contribution in [1.29, 1.82) is 0 Å². The molecule has 0 aromatic carbocycles. The molecule has 2 aliphatic rings. The summed E-state index contributed by atoms with van der Waals surface area (Å²) >= 11 is 0. The van der Waals surface area contributed by atoms with Crippen LogP contribution in [0.15, 0.2) is 0 Å². The summed E-state index contributed by atoms with van der Waals surface area (Å²) < 4.78 is 0. The maximum absolute atomic E-state index is 9.34. The summed E-state index contributed by atoms with van der Waals surface area (Å²) in [5.74, 6) is 1.44. The Morgan fingerprint density at radius 2 is 1.90 bits per heavy atom. The second kappa shape index (κ2) is 3.07. The number of β-amino-alcohol motifs (C(OH)–C–C–N with tert-alkyl or cyclic N) is 1. The van der Waals surface area contributed by atoms with Gasteiger partial charge in [0.25, 0.3) is 0 Å². The fourth-order valence-electron chi connectivity index (χ4n) is 1.69. The minimum absolute atomic E-state index is 0. The first kappa shape index (κ1) is 8.31. The first-order valence-electron chi connectivity index (χ1n) is 3.76. The van der Waals surface area contributed by atoms with Gasteiger partial charge in [-0.05, 0) is 18.8 Å². The summed E-state index contributed by atoms with van der Waals surface area (Å²) in [4.78, 5) is 0. The zero-order valence-electron chi connectivity index (χ0n) is 5.92. The van der Waals surface area contributed by atoms with Gasteiger partial charge in [0.2, 0.25) is 0 Å². The molecule has 0 spiro atoms. The molecule has 0 aromatic heterocycles. The Labute approximate surface area is 67.4 Å². The van der Waals surface area contributed by atoms with Gasteiger partial charge in [0.15, 0.2) is 0 Å². The first-order valence-corrected chi connectivity index (χ1v) is 3.76. The molecule has 0 unspecified atom stereocenters. The summed E-state index contributed by atoms with van der Waals surface area (Å²) in [6, 6.07) is 0. The van der Waals surface area contributed by atoms with E-state index in [0.717, 1.165) is 19.0 Å². The van der Waals surface area contributed by atoms with E-state index in [1.165, 1.54) is 12.8 Å². The lowest BCUT2D eigenvalue weighted by molar-refractivity contribution is 0.136. The van der Waals surface area contributed by atoms with Gasteiger partial charge in [0, 0.05) is 19.0 Å². The highest BCUT2D eigenvalue weighted by molar-refractivity contribution is 5.85. The Hall–Kier alpha value is 0.210. The van der Waals surface area contributed by atoms with Crippen molar-refractivity contribution in [1.82, 2.24) is 5.32 Å². The number of halogens is 1. The standard InChI is InChI=1S/C7H13NO.ClH/c9-7-4-8-3-6(7)5-1-2-5;/h5-9H,1-4H2;1H/t6-,7+;/m1./s1. The zero-order valence-corrected chi connectivity index (χ0v) is 6.73. The van der Waals surface area contributed by atoms with Gasteiger partial charge < -0.3 is 10.4 Å². The minimum atomic E-state index is -0.0440. The molecule has 1 saturated heterocycles. The fraction of sp³-hybridized carbons (Fsp3) is 1.00. The third-order valence-electron chi connectivity index (χ3n) is 2.46. The van der Waals surface area contributed by atoms with Crippen LogP contribution in [0, 0.1) is 11.8 Å². The maximum atomic E-state index is 9.34. The lowest BCUT2D eigenvalue weighted by Gasteiger charge is -2.09. The van der Waals surface area contributed by atoms with E-state index in [2.05, 4.69) is 5.32 Å². The van der Waals surface area contributed by atoms with Crippen molar-refractivity contribution in [3.8, 4) is 0 Å². The molecule has 3 heteroatoms. The molecule has 2 nitrogen and oxygen atoms in total. The van der Waals surface area contributed by atoms with Crippen LogP contribution < -0.4 is 5.32 Å². The Bertz CT molecular complexity index is 116. The van der Waals surface area contributed by atoms with Gasteiger partial charge in [0.05, 0.1) is 6.10 Å². The van der Waals surface area contributed by atoms with E-state index in [1.54, 1.807) is 0 Å². The highest BCUT2D eigenvalue weighted by atomic mass is 35.5. The average Bonchev–Trinajstić information content (AvgIpc) is 2.58. The van der Waals surface area contributed by atoms with Crippen LogP contribution in [-0.2, 0) is 0 Å². The van der Waals surface area contributed by atoms with E-state index in [1.807, 2.05) is 0 Å². The Balaban J connectivity index is 0.000000500. The van der Waals surface area contributed by atoms with Crippen LogP contribution in [0.1, 0.15) is 12.8 Å². The summed E-state index contributed by atoms with van der Waals surface area (Å²) in [6.07, 6.45) is 2.66. The van der Waals surface area contributed by atoms with Gasteiger partial charge in [-0.3, -0.25) is 0 Å². The van der Waals surface area contributed by atoms with Crippen molar-refractivity contribution >= 4 is 12.4 Å². The minimum Gasteiger partial charge on any atom is -0.391 e. The number of rotatable bonds is 1. The molecule has 60 valence electrons. The largest absolute Gasteiger partial charge is 0.391 e. The maximum Gasteiger partial charge on any atom is 0.0707 e. The number of nitrogens with one attached hydrogen (secondary N) is 1. The van der Waals surface area contributed by atoms with Crippen molar-refractivity contribution in [3.05, 3.63) is 0 Å². The Kier molecular flexibility index (Phi) is 2.55. The van der Waals surface area contributed by atoms with Crippen molar-refractivity contribution in [2.45, 2.75) is 18.9 Å². The van der Waals surface area contributed by atoms with Crippen LogP contribution >= 0.6 is 12.4 Å². The lowest BCUT2D eigenvalue weighted by Crippen LogP contribution is -2.19. The van der Waals surface area contributed by atoms with Crippen LogP contribution in [0.2, 0.25) is 0 Å². The molecule has 0 amide bonds. The highest BCUT2D eigenvalue weighted by Crippen LogP contribution is 2.39. The smallest absolute Gasteiger partial charge is 0.0707 e. The van der Waals surface area contributed by atoms with Crippen LogP contribution in [0.5, 0.6) is 0 Å². The predicted molar refractivity (Wildman–Crippen MR) is 42.3 cm³/mol. The molecule has 10 heavy (non-hydrogen) atoms. The third-order valence-corrected chi connectivity index (χ3v) is 2.46. The molecule has 0 bridgehead atoms. The van der Waals surface area contributed by atoms with Gasteiger partial charge in [0.1, 0.15) is 0 Å². The van der Waals surface area contributed by atoms with E-state index >= 15 is 0 Å². The van der Waals surface area contributed by atoms with Crippen molar-refractivity contribution in [2.75, 3.05) is 13.1 Å². The van der Waals surface area contributed by atoms with Gasteiger partial charge in [-0.1, -0.05) is 0 Å². The predicted octanol–water partition coefficient (Wildman–Crippen LogP) is 0.398. The number of aliphatic hydroxyl groups is 1. The average molecular weight is 164 g/mol. The van der Waals surface area contributed by atoms with Crippen LogP contribution in [0.3, 0.4) is 0 Å². The molecule has 1 saturated carbocycles. The summed E-state index contributed by atoms with van der Waals surface area (Å²) in [7, 11) is 0. The monoisotopic (exact) mass is 163 g/mol. The van der Waals surface area contributed by atoms with E-state index in [0.29, 0.717) is 5.92 Å². The third kappa shape index (κ3) is 1.44. The van der Waals surface area contributed by atoms with Gasteiger partial charge in [-0.25, -0.2) is 0 Å². The lowest BCUT2D eigenvalue weighted by atomic mass is 10.0. The number of hydrogen-bond donors (Lipinski definition) is 2. The van der Waals surface area contributed by atoms with Crippen molar-refractivity contribution in [2.24, 2.45) is 11.8 Å². The zero-order chi connectivity index (χ0) is 6.27. The summed E-state index contributed by atoms with van der Waals surface area (Å²) in [5.41, 5.74) is 0. The molecule has 2 N–H and O–H groups in total. The second-order valence-corrected chi connectivity index (χ2v) is 3.23. The Morgan fingerprint density at radius 1 is 1.20 bits per heavy atom. The van der Waals surface area contributed by atoms with Crippen molar-refractivity contribution in [3.63, 3.8) is 0 Å². The van der Waals surface area contributed by atoms with Crippen LogP contribution in [0.4, 0.5) is 0 Å². The van der Waals surface area contributed by atoms with Crippen molar-refractivity contribution < 1.29 is 5.11 Å². The quantitative estimate of drug-likeness (QED) is 0.587. The summed E-state index contributed by atoms with van der Waals surface area (Å²) in [6.45, 7) is 1.87. The molecule has 0 radical (unpaired) electrons. The summed E-state index contributed by atoms with van der Waals surface area (Å²) in [5, 5.41) is 12.5. The SMILES string of the molecule is Cl.O[C@H]1CNC[C@@H]1C1CC1. The van der Waals surface area contributed by atoms with E-state index < -0.39 is 0 Å². The topological polar surface area (TPSA) is 32.3 Å². The molecule has 2 rings (SSSR count). The van der Waals surface area contributed by atoms with Crippen LogP contribution in [0.25, 0.3) is 0 Å². The second-order valence-electron chi connectivity index (χ2n) is 3.23. The molecule has 1 aliphatic carbocycles. The molecular formula is C7H14ClNO. The molecule has 2 fully saturated rings. The van der Waals surface area contributed by atoms with E-state index in [9.17, 15) is 5.11 Å². The van der Waals surface area contributed by atoms with E-state index in [4.69, 9.17) is 0 Å². The van der Waals surface area contributed by atoms with E-state index in [-0.39, 0.29) is 18.5 Å². The van der Waals surface area contributed by atoms with Crippen LogP contribution in [-0.4, -0.2) is 24.3 Å². The number of aliphatic hydroxyl groups excluding tert-OH is 1.